The van der Waals surface area contributed by atoms with Crippen LogP contribution in [0.1, 0.15) is 18.5 Å². The summed E-state index contributed by atoms with van der Waals surface area (Å²) in [6.07, 6.45) is 3.49. The molecule has 1 atom stereocenters. The van der Waals surface area contributed by atoms with Crippen molar-refractivity contribution in [2.45, 2.75) is 13.0 Å². The lowest BCUT2D eigenvalue weighted by Gasteiger charge is -2.28. The van der Waals surface area contributed by atoms with E-state index in [1.54, 1.807) is 11.0 Å². The lowest BCUT2D eigenvalue weighted by molar-refractivity contribution is 0.241. The van der Waals surface area contributed by atoms with Crippen LogP contribution in [-0.4, -0.2) is 44.7 Å². The van der Waals surface area contributed by atoms with E-state index >= 15 is 0 Å². The van der Waals surface area contributed by atoms with Gasteiger partial charge in [0, 0.05) is 25.7 Å². The van der Waals surface area contributed by atoms with Crippen LogP contribution in [-0.2, 0) is 0 Å². The first-order chi connectivity index (χ1) is 9.76. The largest absolute Gasteiger partial charge is 0.329 e. The highest BCUT2D eigenvalue weighted by Crippen LogP contribution is 2.21. The molecule has 2 aromatic rings. The zero-order valence-corrected chi connectivity index (χ0v) is 11.7. The average molecular weight is 272 g/mol. The van der Waals surface area contributed by atoms with Crippen molar-refractivity contribution in [3.8, 4) is 5.69 Å². The highest BCUT2D eigenvalue weighted by molar-refractivity contribution is 5.35. The van der Waals surface area contributed by atoms with Crippen LogP contribution in [0.25, 0.3) is 5.69 Å². The SMILES string of the molecule is C=CCN(CCN)C(C)c1cccc(-n2cnnn2)c1. The molecular weight excluding hydrogens is 252 g/mol. The number of rotatable bonds is 7. The van der Waals surface area contributed by atoms with Gasteiger partial charge in [-0.05, 0) is 35.0 Å². The Morgan fingerprint density at radius 1 is 1.50 bits per heavy atom. The minimum absolute atomic E-state index is 0.257. The van der Waals surface area contributed by atoms with Gasteiger partial charge in [-0.15, -0.1) is 11.7 Å². The number of nitrogens with zero attached hydrogens (tertiary/aromatic N) is 5. The van der Waals surface area contributed by atoms with Crippen molar-refractivity contribution in [3.63, 3.8) is 0 Å². The van der Waals surface area contributed by atoms with Gasteiger partial charge in [-0.1, -0.05) is 18.2 Å². The van der Waals surface area contributed by atoms with Crippen molar-refractivity contribution in [3.05, 3.63) is 48.8 Å². The van der Waals surface area contributed by atoms with Crippen LogP contribution in [0.5, 0.6) is 0 Å². The van der Waals surface area contributed by atoms with Gasteiger partial charge < -0.3 is 5.73 Å². The second-order valence-corrected chi connectivity index (χ2v) is 4.60. The van der Waals surface area contributed by atoms with E-state index in [0.29, 0.717) is 6.54 Å². The number of hydrogen-bond donors (Lipinski definition) is 1. The number of tetrazole rings is 1. The Morgan fingerprint density at radius 2 is 2.35 bits per heavy atom. The molecule has 2 N–H and O–H groups in total. The molecular formula is C14H20N6. The van der Waals surface area contributed by atoms with Crippen LogP contribution in [0.2, 0.25) is 0 Å². The summed E-state index contributed by atoms with van der Waals surface area (Å²) < 4.78 is 1.65. The van der Waals surface area contributed by atoms with E-state index in [1.807, 2.05) is 18.2 Å². The molecule has 0 bridgehead atoms. The summed E-state index contributed by atoms with van der Waals surface area (Å²) in [6, 6.07) is 8.44. The topological polar surface area (TPSA) is 72.9 Å². The van der Waals surface area contributed by atoms with Gasteiger partial charge in [0.25, 0.3) is 0 Å². The molecule has 6 nitrogen and oxygen atoms in total. The molecule has 0 amide bonds. The third-order valence-electron chi connectivity index (χ3n) is 3.29. The molecule has 1 aromatic heterocycles. The average Bonchev–Trinajstić information content (AvgIpc) is 3.01. The van der Waals surface area contributed by atoms with Crippen LogP contribution in [0.15, 0.2) is 43.2 Å². The minimum atomic E-state index is 0.257. The molecule has 1 aromatic carbocycles. The summed E-state index contributed by atoms with van der Waals surface area (Å²) in [5.41, 5.74) is 7.83. The smallest absolute Gasteiger partial charge is 0.143 e. The molecule has 106 valence electrons. The number of hydrogen-bond acceptors (Lipinski definition) is 5. The van der Waals surface area contributed by atoms with Crippen LogP contribution < -0.4 is 5.73 Å². The van der Waals surface area contributed by atoms with Gasteiger partial charge >= 0.3 is 0 Å². The normalized spacial score (nSPS) is 12.6. The minimum Gasteiger partial charge on any atom is -0.329 e. The molecule has 0 fully saturated rings. The molecule has 1 heterocycles. The van der Waals surface area contributed by atoms with Crippen molar-refractivity contribution in [1.82, 2.24) is 25.1 Å². The summed E-state index contributed by atoms with van der Waals surface area (Å²) in [5, 5.41) is 11.2. The molecule has 0 aliphatic carbocycles. The summed E-state index contributed by atoms with van der Waals surface area (Å²) in [7, 11) is 0. The Labute approximate surface area is 118 Å². The highest BCUT2D eigenvalue weighted by Gasteiger charge is 2.14. The summed E-state index contributed by atoms with van der Waals surface area (Å²) in [5.74, 6) is 0. The monoisotopic (exact) mass is 272 g/mol. The standard InChI is InChI=1S/C14H20N6/c1-3-8-19(9-7-15)12(2)13-5-4-6-14(10-13)20-11-16-17-18-20/h3-6,10-12H,1,7-9,15H2,2H3. The number of benzene rings is 1. The molecule has 1 unspecified atom stereocenters. The van der Waals surface area contributed by atoms with Crippen molar-refractivity contribution in [1.29, 1.82) is 0 Å². The highest BCUT2D eigenvalue weighted by atomic mass is 15.5. The maximum Gasteiger partial charge on any atom is 0.143 e. The Hall–Kier alpha value is -2.05. The molecule has 2 rings (SSSR count). The van der Waals surface area contributed by atoms with E-state index in [1.165, 1.54) is 5.56 Å². The summed E-state index contributed by atoms with van der Waals surface area (Å²) in [6.45, 7) is 8.25. The molecule has 20 heavy (non-hydrogen) atoms. The van der Waals surface area contributed by atoms with Gasteiger partial charge in [-0.2, -0.15) is 0 Å². The number of aromatic nitrogens is 4. The third kappa shape index (κ3) is 3.28. The molecule has 0 saturated carbocycles. The summed E-state index contributed by atoms with van der Waals surface area (Å²) in [4.78, 5) is 2.28. The van der Waals surface area contributed by atoms with Gasteiger partial charge in [-0.25, -0.2) is 4.68 Å². The molecule has 0 saturated heterocycles. The second-order valence-electron chi connectivity index (χ2n) is 4.60. The van der Waals surface area contributed by atoms with Gasteiger partial charge in [0.05, 0.1) is 5.69 Å². The van der Waals surface area contributed by atoms with E-state index < -0.39 is 0 Å². The fourth-order valence-electron chi connectivity index (χ4n) is 2.19. The van der Waals surface area contributed by atoms with E-state index in [0.717, 1.165) is 18.8 Å². The quantitative estimate of drug-likeness (QED) is 0.766. The van der Waals surface area contributed by atoms with E-state index in [-0.39, 0.29) is 6.04 Å². The fourth-order valence-corrected chi connectivity index (χ4v) is 2.19. The van der Waals surface area contributed by atoms with E-state index in [2.05, 4.69) is 46.1 Å². The predicted octanol–water partition coefficient (Wildman–Crippen LogP) is 1.17. The van der Waals surface area contributed by atoms with Gasteiger partial charge in [0.1, 0.15) is 6.33 Å². The number of nitrogens with two attached hydrogens (primary N) is 1. The maximum atomic E-state index is 5.68. The predicted molar refractivity (Wildman–Crippen MR) is 78.4 cm³/mol. The lowest BCUT2D eigenvalue weighted by atomic mass is 10.1. The van der Waals surface area contributed by atoms with Crippen molar-refractivity contribution in [2.75, 3.05) is 19.6 Å². The Balaban J connectivity index is 2.23. The first kappa shape index (κ1) is 14.4. The second kappa shape index (κ2) is 6.93. The molecule has 0 radical (unpaired) electrons. The molecule has 6 heteroatoms. The van der Waals surface area contributed by atoms with E-state index in [4.69, 9.17) is 5.73 Å². The van der Waals surface area contributed by atoms with Crippen LogP contribution in [0, 0.1) is 0 Å². The lowest BCUT2D eigenvalue weighted by Crippen LogP contribution is -2.32. The van der Waals surface area contributed by atoms with E-state index in [9.17, 15) is 0 Å². The van der Waals surface area contributed by atoms with Crippen LogP contribution in [0.3, 0.4) is 0 Å². The first-order valence-corrected chi connectivity index (χ1v) is 6.64. The maximum absolute atomic E-state index is 5.68. The zero-order valence-electron chi connectivity index (χ0n) is 11.7. The zero-order chi connectivity index (χ0) is 14.4. The Kier molecular flexibility index (Phi) is 4.97. The summed E-state index contributed by atoms with van der Waals surface area (Å²) >= 11 is 0. The third-order valence-corrected chi connectivity index (χ3v) is 3.29. The van der Waals surface area contributed by atoms with Crippen LogP contribution >= 0.6 is 0 Å². The fraction of sp³-hybridized carbons (Fsp3) is 0.357. The van der Waals surface area contributed by atoms with Crippen molar-refractivity contribution < 1.29 is 0 Å². The van der Waals surface area contributed by atoms with Crippen LogP contribution in [0.4, 0.5) is 0 Å². The van der Waals surface area contributed by atoms with Crippen molar-refractivity contribution >= 4 is 0 Å². The Bertz CT molecular complexity index is 536. The molecule has 0 aliphatic rings. The first-order valence-electron chi connectivity index (χ1n) is 6.64. The molecule has 0 spiro atoms. The Morgan fingerprint density at radius 3 is 3.00 bits per heavy atom. The van der Waals surface area contributed by atoms with Gasteiger partial charge in [0.2, 0.25) is 0 Å². The van der Waals surface area contributed by atoms with Gasteiger partial charge in [0.15, 0.2) is 0 Å². The molecule has 0 aliphatic heterocycles. The van der Waals surface area contributed by atoms with Crippen molar-refractivity contribution in [2.24, 2.45) is 5.73 Å². The van der Waals surface area contributed by atoms with Gasteiger partial charge in [-0.3, -0.25) is 4.90 Å².